The van der Waals surface area contributed by atoms with E-state index in [1.165, 1.54) is 11.3 Å². The maximum absolute atomic E-state index is 12.8. The SMILES string of the molecule is CCOC(=O)C1C(=O)N(C(C)I)c2ccc(C(=O)c3cccs3)cc21. The van der Waals surface area contributed by atoms with Crippen LogP contribution in [0.1, 0.15) is 40.6 Å². The summed E-state index contributed by atoms with van der Waals surface area (Å²) in [6.07, 6.45) is 0. The van der Waals surface area contributed by atoms with Crippen molar-refractivity contribution in [3.05, 3.63) is 51.7 Å². The van der Waals surface area contributed by atoms with Crippen LogP contribution < -0.4 is 4.90 Å². The molecule has 2 atom stereocenters. The minimum atomic E-state index is -1.01. The average Bonchev–Trinajstić information content (AvgIpc) is 3.19. The van der Waals surface area contributed by atoms with Crippen LogP contribution in [0.5, 0.6) is 0 Å². The molecule has 0 spiro atoms. The molecular formula is C18H16INO4S. The molecule has 130 valence electrons. The van der Waals surface area contributed by atoms with Crippen LogP contribution in [0.15, 0.2) is 35.7 Å². The fourth-order valence-electron chi connectivity index (χ4n) is 2.91. The Morgan fingerprint density at radius 3 is 2.72 bits per heavy atom. The molecule has 0 saturated carbocycles. The third-order valence-corrected chi connectivity index (χ3v) is 5.39. The summed E-state index contributed by atoms with van der Waals surface area (Å²) in [5.41, 5.74) is 1.66. The van der Waals surface area contributed by atoms with Gasteiger partial charge in [0.05, 0.1) is 15.5 Å². The van der Waals surface area contributed by atoms with E-state index in [-0.39, 0.29) is 22.3 Å². The predicted molar refractivity (Wildman–Crippen MR) is 105 cm³/mol. The Kier molecular flexibility index (Phi) is 5.24. The van der Waals surface area contributed by atoms with Crippen molar-refractivity contribution in [3.8, 4) is 0 Å². The molecule has 0 bridgehead atoms. The van der Waals surface area contributed by atoms with E-state index < -0.39 is 11.9 Å². The third-order valence-electron chi connectivity index (χ3n) is 3.97. The summed E-state index contributed by atoms with van der Waals surface area (Å²) in [6, 6.07) is 8.66. The van der Waals surface area contributed by atoms with Gasteiger partial charge in [-0.05, 0) is 43.5 Å². The fraction of sp³-hybridized carbons (Fsp3) is 0.278. The summed E-state index contributed by atoms with van der Waals surface area (Å²) in [5.74, 6) is -2.01. The quantitative estimate of drug-likeness (QED) is 0.167. The van der Waals surface area contributed by atoms with Gasteiger partial charge in [0.25, 0.3) is 0 Å². The second kappa shape index (κ2) is 7.25. The Morgan fingerprint density at radius 2 is 2.12 bits per heavy atom. The van der Waals surface area contributed by atoms with Gasteiger partial charge < -0.3 is 4.74 Å². The molecule has 2 heterocycles. The highest BCUT2D eigenvalue weighted by atomic mass is 127. The first-order chi connectivity index (χ1) is 12.0. The van der Waals surface area contributed by atoms with Crippen molar-refractivity contribution in [3.63, 3.8) is 0 Å². The molecule has 0 radical (unpaired) electrons. The van der Waals surface area contributed by atoms with Gasteiger partial charge in [0.2, 0.25) is 11.7 Å². The van der Waals surface area contributed by atoms with Gasteiger partial charge >= 0.3 is 5.97 Å². The molecule has 1 aliphatic heterocycles. The van der Waals surface area contributed by atoms with E-state index >= 15 is 0 Å². The molecule has 1 amide bonds. The Bertz CT molecular complexity index is 832. The molecule has 1 aromatic carbocycles. The molecule has 0 N–H and O–H groups in total. The number of esters is 1. The second-order valence-electron chi connectivity index (χ2n) is 5.55. The second-order valence-corrected chi connectivity index (χ2v) is 8.30. The summed E-state index contributed by atoms with van der Waals surface area (Å²) >= 11 is 3.49. The zero-order chi connectivity index (χ0) is 18.1. The molecular weight excluding hydrogens is 453 g/mol. The topological polar surface area (TPSA) is 63.7 Å². The first kappa shape index (κ1) is 18.1. The first-order valence-corrected chi connectivity index (χ1v) is 9.94. The van der Waals surface area contributed by atoms with Crippen LogP contribution in [-0.2, 0) is 14.3 Å². The largest absolute Gasteiger partial charge is 0.465 e. The average molecular weight is 469 g/mol. The van der Waals surface area contributed by atoms with E-state index in [1.54, 1.807) is 36.1 Å². The number of ether oxygens (including phenoxy) is 1. The molecule has 7 heteroatoms. The number of benzene rings is 1. The van der Waals surface area contributed by atoms with Crippen LogP contribution in [0.2, 0.25) is 0 Å². The molecule has 3 rings (SSSR count). The normalized spacial score (nSPS) is 17.3. The highest BCUT2D eigenvalue weighted by Crippen LogP contribution is 2.41. The van der Waals surface area contributed by atoms with Gasteiger partial charge in [-0.1, -0.05) is 28.7 Å². The Labute approximate surface area is 163 Å². The Balaban J connectivity index is 2.07. The molecule has 1 aromatic heterocycles. The van der Waals surface area contributed by atoms with Crippen molar-refractivity contribution < 1.29 is 19.1 Å². The molecule has 5 nitrogen and oxygen atoms in total. The minimum absolute atomic E-state index is 0.117. The van der Waals surface area contributed by atoms with Crippen LogP contribution >= 0.6 is 33.9 Å². The number of amides is 1. The summed E-state index contributed by atoms with van der Waals surface area (Å²) in [4.78, 5) is 39.9. The van der Waals surface area contributed by atoms with Crippen LogP contribution in [-0.4, -0.2) is 28.3 Å². The number of ketones is 1. The molecule has 2 unspecified atom stereocenters. The third kappa shape index (κ3) is 3.22. The lowest BCUT2D eigenvalue weighted by atomic mass is 9.97. The highest BCUT2D eigenvalue weighted by molar-refractivity contribution is 14.1. The van der Waals surface area contributed by atoms with E-state index in [4.69, 9.17) is 4.74 Å². The van der Waals surface area contributed by atoms with Crippen molar-refractivity contribution in [2.75, 3.05) is 11.5 Å². The number of rotatable bonds is 5. The van der Waals surface area contributed by atoms with Crippen molar-refractivity contribution in [1.29, 1.82) is 0 Å². The van der Waals surface area contributed by atoms with E-state index in [1.807, 2.05) is 18.4 Å². The number of thiophene rings is 1. The zero-order valence-electron chi connectivity index (χ0n) is 13.7. The fourth-order valence-corrected chi connectivity index (χ4v) is 4.17. The summed E-state index contributed by atoms with van der Waals surface area (Å²) in [5, 5.41) is 1.84. The monoisotopic (exact) mass is 469 g/mol. The van der Waals surface area contributed by atoms with Crippen LogP contribution in [0.25, 0.3) is 0 Å². The lowest BCUT2D eigenvalue weighted by Gasteiger charge is -2.20. The lowest BCUT2D eigenvalue weighted by Crippen LogP contribution is -2.35. The number of halogens is 1. The number of hydrogen-bond acceptors (Lipinski definition) is 5. The van der Waals surface area contributed by atoms with Crippen molar-refractivity contribution in [2.45, 2.75) is 23.8 Å². The van der Waals surface area contributed by atoms with E-state index in [2.05, 4.69) is 22.6 Å². The Hall–Kier alpha value is -1.74. The standard InChI is InChI=1S/C18H16INO4S/c1-3-24-18(23)15-12-9-11(16(21)14-5-4-8-25-14)6-7-13(12)20(10(2)19)17(15)22/h4-10,15H,3H2,1-2H3. The van der Waals surface area contributed by atoms with Gasteiger partial charge in [-0.3, -0.25) is 19.3 Å². The van der Waals surface area contributed by atoms with Crippen molar-refractivity contribution in [1.82, 2.24) is 0 Å². The van der Waals surface area contributed by atoms with Crippen molar-refractivity contribution >= 4 is 57.3 Å². The lowest BCUT2D eigenvalue weighted by molar-refractivity contribution is -0.147. The summed E-state index contributed by atoms with van der Waals surface area (Å²) in [7, 11) is 0. The minimum Gasteiger partial charge on any atom is -0.465 e. The number of carbonyl (C=O) groups excluding carboxylic acids is 3. The number of nitrogens with zero attached hydrogens (tertiary/aromatic N) is 1. The van der Waals surface area contributed by atoms with Gasteiger partial charge in [-0.15, -0.1) is 11.3 Å². The van der Waals surface area contributed by atoms with Gasteiger partial charge in [0, 0.05) is 16.8 Å². The van der Waals surface area contributed by atoms with Crippen molar-refractivity contribution in [2.24, 2.45) is 0 Å². The smallest absolute Gasteiger partial charge is 0.323 e. The zero-order valence-corrected chi connectivity index (χ0v) is 16.7. The van der Waals surface area contributed by atoms with Gasteiger partial charge in [-0.25, -0.2) is 0 Å². The van der Waals surface area contributed by atoms with Crippen LogP contribution in [0.3, 0.4) is 0 Å². The number of alkyl halides is 1. The van der Waals surface area contributed by atoms with Crippen LogP contribution in [0, 0.1) is 0 Å². The summed E-state index contributed by atoms with van der Waals surface area (Å²) < 4.78 is 4.96. The number of hydrogen-bond donors (Lipinski definition) is 0. The van der Waals surface area contributed by atoms with Gasteiger partial charge in [-0.2, -0.15) is 0 Å². The molecule has 0 aliphatic carbocycles. The predicted octanol–water partition coefficient (Wildman–Crippen LogP) is 3.75. The van der Waals surface area contributed by atoms with Crippen LogP contribution in [0.4, 0.5) is 5.69 Å². The van der Waals surface area contributed by atoms with E-state index in [0.717, 1.165) is 0 Å². The maximum Gasteiger partial charge on any atom is 0.323 e. The number of fused-ring (bicyclic) bond motifs is 1. The molecule has 25 heavy (non-hydrogen) atoms. The molecule has 1 aliphatic rings. The number of carbonyl (C=O) groups is 3. The van der Waals surface area contributed by atoms with E-state index in [0.29, 0.717) is 21.7 Å². The first-order valence-electron chi connectivity index (χ1n) is 7.81. The highest BCUT2D eigenvalue weighted by Gasteiger charge is 2.44. The number of anilines is 1. The summed E-state index contributed by atoms with van der Waals surface area (Å²) in [6.45, 7) is 3.78. The maximum atomic E-state index is 12.8. The van der Waals surface area contributed by atoms with Gasteiger partial charge in [0.15, 0.2) is 5.92 Å². The molecule has 0 fully saturated rings. The molecule has 0 saturated heterocycles. The Morgan fingerprint density at radius 1 is 1.36 bits per heavy atom. The van der Waals surface area contributed by atoms with E-state index in [9.17, 15) is 14.4 Å². The van der Waals surface area contributed by atoms with Gasteiger partial charge in [0.1, 0.15) is 0 Å². The molecule has 2 aromatic rings.